The van der Waals surface area contributed by atoms with Crippen LogP contribution in [0.4, 0.5) is 0 Å². The molecule has 2 unspecified atom stereocenters. The molecule has 2 aliphatic rings. The first-order valence-corrected chi connectivity index (χ1v) is 12.4. The zero-order valence-corrected chi connectivity index (χ0v) is 17.7. The van der Waals surface area contributed by atoms with E-state index in [9.17, 15) is 4.79 Å². The van der Waals surface area contributed by atoms with Gasteiger partial charge in [-0.3, -0.25) is 0 Å². The summed E-state index contributed by atoms with van der Waals surface area (Å²) in [7, 11) is 0. The van der Waals surface area contributed by atoms with Crippen LogP contribution in [0, 0.1) is 11.8 Å². The molecule has 0 amide bonds. The van der Waals surface area contributed by atoms with Crippen LogP contribution in [0.2, 0.25) is 4.82 Å². The van der Waals surface area contributed by atoms with Crippen LogP contribution >= 0.6 is 0 Å². The summed E-state index contributed by atoms with van der Waals surface area (Å²) in [6, 6.07) is 10.7. The Bertz CT molecular complexity index is 583. The average Bonchev–Trinajstić information content (AvgIpc) is 3.06. The Kier molecular flexibility index (Phi) is 7.83. The van der Waals surface area contributed by atoms with E-state index in [1.54, 1.807) is 0 Å². The van der Waals surface area contributed by atoms with Crippen LogP contribution in [0.1, 0.15) is 63.9 Å². The number of ether oxygens (including phenoxy) is 1. The van der Waals surface area contributed by atoms with Crippen molar-refractivity contribution in [1.82, 2.24) is 0 Å². The number of fused-ring (bicyclic) bond motifs is 1. The third kappa shape index (κ3) is 6.28. The molecule has 1 aromatic carbocycles. The molecule has 1 aromatic rings. The van der Waals surface area contributed by atoms with Crippen molar-refractivity contribution in [2.24, 2.45) is 11.8 Å². The predicted octanol–water partition coefficient (Wildman–Crippen LogP) is 5.55. The van der Waals surface area contributed by atoms with Crippen molar-refractivity contribution in [3.63, 3.8) is 0 Å². The standard InChI is InChI=1S/C23H32O2Se/c1-18-9-4-2-7-12-20-13-8-14-21(20)15-22(16-23(24)25-18)26-17-19-10-5-3-6-11-19/h3,5-7,10-12,18,20-22H,2,4,8-9,13-17H2,1H3/b12-7+/t18-,20?,21?,22-/m0/s1. The molecule has 1 fully saturated rings. The molecular formula is C23H32O2Se. The first-order valence-electron chi connectivity index (χ1n) is 10.2. The molecule has 0 aromatic heterocycles. The summed E-state index contributed by atoms with van der Waals surface area (Å²) in [5.41, 5.74) is 1.40. The van der Waals surface area contributed by atoms with Crippen molar-refractivity contribution in [2.45, 2.75) is 74.5 Å². The normalized spacial score (nSPS) is 31.8. The molecule has 0 bridgehead atoms. The molecule has 1 heterocycles. The number of carbonyl (C=O) groups excluding carboxylic acids is 1. The molecular weight excluding hydrogens is 387 g/mol. The first-order chi connectivity index (χ1) is 12.7. The second-order valence-electron chi connectivity index (χ2n) is 7.87. The van der Waals surface area contributed by atoms with Crippen LogP contribution in [0.15, 0.2) is 42.5 Å². The third-order valence-corrected chi connectivity index (χ3v) is 8.50. The Morgan fingerprint density at radius 1 is 1.12 bits per heavy atom. The molecule has 3 rings (SSSR count). The van der Waals surface area contributed by atoms with Crippen LogP contribution in [0.25, 0.3) is 0 Å². The van der Waals surface area contributed by atoms with Gasteiger partial charge in [-0.1, -0.05) is 0 Å². The van der Waals surface area contributed by atoms with Gasteiger partial charge >= 0.3 is 165 Å². The van der Waals surface area contributed by atoms with E-state index in [4.69, 9.17) is 4.74 Å². The van der Waals surface area contributed by atoms with Crippen LogP contribution < -0.4 is 0 Å². The van der Waals surface area contributed by atoms with Gasteiger partial charge in [0.15, 0.2) is 0 Å². The van der Waals surface area contributed by atoms with Gasteiger partial charge in [0.1, 0.15) is 0 Å². The van der Waals surface area contributed by atoms with Crippen LogP contribution in [-0.4, -0.2) is 27.0 Å². The number of benzene rings is 1. The van der Waals surface area contributed by atoms with Gasteiger partial charge in [-0.25, -0.2) is 0 Å². The fraction of sp³-hybridized carbons (Fsp3) is 0.609. The molecule has 1 saturated carbocycles. The molecule has 4 atom stereocenters. The van der Waals surface area contributed by atoms with Crippen molar-refractivity contribution in [3.05, 3.63) is 48.0 Å². The Morgan fingerprint density at radius 2 is 1.96 bits per heavy atom. The first kappa shape index (κ1) is 19.7. The number of cyclic esters (lactones) is 1. The van der Waals surface area contributed by atoms with Crippen molar-refractivity contribution in [3.8, 4) is 0 Å². The molecule has 142 valence electrons. The van der Waals surface area contributed by atoms with Crippen LogP contribution in [-0.2, 0) is 14.9 Å². The molecule has 0 radical (unpaired) electrons. The van der Waals surface area contributed by atoms with Gasteiger partial charge in [0, 0.05) is 0 Å². The zero-order chi connectivity index (χ0) is 18.2. The maximum atomic E-state index is 12.5. The molecule has 2 nitrogen and oxygen atoms in total. The molecule has 1 aliphatic heterocycles. The summed E-state index contributed by atoms with van der Waals surface area (Å²) in [5.74, 6) is 1.53. The summed E-state index contributed by atoms with van der Waals surface area (Å²) < 4.78 is 5.70. The summed E-state index contributed by atoms with van der Waals surface area (Å²) in [6.07, 6.45) is 14.0. The second kappa shape index (κ2) is 10.3. The molecule has 1 aliphatic carbocycles. The number of hydrogen-bond acceptors (Lipinski definition) is 2. The zero-order valence-electron chi connectivity index (χ0n) is 15.9. The Morgan fingerprint density at radius 3 is 2.81 bits per heavy atom. The quantitative estimate of drug-likeness (QED) is 0.365. The van der Waals surface area contributed by atoms with E-state index in [1.807, 2.05) is 6.92 Å². The number of allylic oxidation sites excluding steroid dienone is 2. The molecule has 3 heteroatoms. The fourth-order valence-electron chi connectivity index (χ4n) is 4.26. The molecule has 0 saturated heterocycles. The number of hydrogen-bond donors (Lipinski definition) is 0. The van der Waals surface area contributed by atoms with E-state index in [1.165, 1.54) is 31.2 Å². The van der Waals surface area contributed by atoms with Gasteiger partial charge in [0.2, 0.25) is 0 Å². The van der Waals surface area contributed by atoms with Crippen molar-refractivity contribution in [1.29, 1.82) is 0 Å². The van der Waals surface area contributed by atoms with E-state index >= 15 is 0 Å². The van der Waals surface area contributed by atoms with Gasteiger partial charge in [-0.2, -0.15) is 0 Å². The number of rotatable bonds is 3. The van der Waals surface area contributed by atoms with Gasteiger partial charge in [-0.05, 0) is 0 Å². The minimum atomic E-state index is 0.0270. The fourth-order valence-corrected chi connectivity index (χ4v) is 6.90. The van der Waals surface area contributed by atoms with Gasteiger partial charge in [0.05, 0.1) is 0 Å². The van der Waals surface area contributed by atoms with E-state index in [2.05, 4.69) is 42.5 Å². The summed E-state index contributed by atoms with van der Waals surface area (Å²) in [4.78, 5) is 13.0. The topological polar surface area (TPSA) is 26.3 Å². The minimum absolute atomic E-state index is 0.0270. The van der Waals surface area contributed by atoms with Gasteiger partial charge in [0.25, 0.3) is 0 Å². The van der Waals surface area contributed by atoms with E-state index in [-0.39, 0.29) is 12.1 Å². The number of esters is 1. The third-order valence-electron chi connectivity index (χ3n) is 5.70. The van der Waals surface area contributed by atoms with Crippen molar-refractivity contribution >= 4 is 20.9 Å². The van der Waals surface area contributed by atoms with Crippen LogP contribution in [0.5, 0.6) is 0 Å². The maximum absolute atomic E-state index is 12.5. The monoisotopic (exact) mass is 420 g/mol. The summed E-state index contributed by atoms with van der Waals surface area (Å²) in [6.45, 7) is 2.04. The van der Waals surface area contributed by atoms with Crippen LogP contribution in [0.3, 0.4) is 0 Å². The predicted molar refractivity (Wildman–Crippen MR) is 108 cm³/mol. The van der Waals surface area contributed by atoms with E-state index in [0.717, 1.165) is 36.4 Å². The van der Waals surface area contributed by atoms with E-state index < -0.39 is 0 Å². The second-order valence-corrected chi connectivity index (χ2v) is 10.6. The average molecular weight is 419 g/mol. The van der Waals surface area contributed by atoms with E-state index in [0.29, 0.717) is 26.2 Å². The molecule has 0 N–H and O–H groups in total. The molecule has 0 spiro atoms. The summed E-state index contributed by atoms with van der Waals surface area (Å²) >= 11 is 0.445. The Balaban J connectivity index is 1.67. The van der Waals surface area contributed by atoms with Gasteiger partial charge in [-0.15, -0.1) is 0 Å². The Hall–Kier alpha value is -1.05. The molecule has 26 heavy (non-hydrogen) atoms. The van der Waals surface area contributed by atoms with Crippen molar-refractivity contribution in [2.75, 3.05) is 0 Å². The Labute approximate surface area is 164 Å². The summed E-state index contributed by atoms with van der Waals surface area (Å²) in [5, 5.41) is 1.12. The SMILES string of the molecule is C[C@H]1CCC/C=C/C2CCCC2C[C@H]([Se]Cc2ccccc2)CC(=O)O1. The van der Waals surface area contributed by atoms with Crippen molar-refractivity contribution < 1.29 is 9.53 Å². The number of carbonyl (C=O) groups is 1. The van der Waals surface area contributed by atoms with Gasteiger partial charge < -0.3 is 0 Å².